The van der Waals surface area contributed by atoms with Crippen molar-refractivity contribution in [2.24, 2.45) is 0 Å². The smallest absolute Gasteiger partial charge is 0.341 e. The second-order valence-corrected chi connectivity index (χ2v) is 7.25. The lowest BCUT2D eigenvalue weighted by Gasteiger charge is -2.14. The van der Waals surface area contributed by atoms with Gasteiger partial charge in [-0.05, 0) is 50.3 Å². The first-order valence-corrected chi connectivity index (χ1v) is 9.78. The average Bonchev–Trinajstić information content (AvgIpc) is 3.44. The lowest BCUT2D eigenvalue weighted by Crippen LogP contribution is -2.26. The fourth-order valence-electron chi connectivity index (χ4n) is 3.15. The second kappa shape index (κ2) is 8.91. The van der Waals surface area contributed by atoms with Crippen molar-refractivity contribution in [1.29, 1.82) is 0 Å². The minimum Gasteiger partial charge on any atom is -0.482 e. The minimum absolute atomic E-state index is 0.0714. The zero-order valence-electron chi connectivity index (χ0n) is 16.4. The van der Waals surface area contributed by atoms with Crippen LogP contribution in [0.25, 0.3) is 0 Å². The third kappa shape index (κ3) is 4.91. The number of ether oxygens (including phenoxy) is 1. The Hall–Kier alpha value is -2.83. The highest BCUT2D eigenvalue weighted by Gasteiger charge is 2.33. The van der Waals surface area contributed by atoms with Gasteiger partial charge in [0.25, 0.3) is 5.91 Å². The van der Waals surface area contributed by atoms with E-state index in [-0.39, 0.29) is 12.5 Å². The monoisotopic (exact) mass is 385 g/mol. The first kappa shape index (κ1) is 19.9. The van der Waals surface area contributed by atoms with Crippen LogP contribution in [0.3, 0.4) is 0 Å². The Bertz CT molecular complexity index is 825. The summed E-state index contributed by atoms with van der Waals surface area (Å²) in [7, 11) is 0. The normalized spacial score (nSPS) is 14.5. The lowest BCUT2D eigenvalue weighted by molar-refractivity contribution is -0.139. The zero-order chi connectivity index (χ0) is 20.1. The van der Waals surface area contributed by atoms with Gasteiger partial charge in [0.1, 0.15) is 5.75 Å². The molecule has 0 radical (unpaired) electrons. The van der Waals surface area contributed by atoms with Crippen LogP contribution >= 0.6 is 0 Å². The number of carbonyl (C=O) groups excluding carboxylic acids is 1. The molecule has 2 aromatic rings. The number of hydrogen-bond donors (Lipinski definition) is 2. The maximum atomic E-state index is 12.7. The summed E-state index contributed by atoms with van der Waals surface area (Å²) in [4.78, 5) is 23.2. The van der Waals surface area contributed by atoms with Crippen LogP contribution in [0.1, 0.15) is 66.7 Å². The van der Waals surface area contributed by atoms with Crippen molar-refractivity contribution in [3.05, 3.63) is 47.3 Å². The fourth-order valence-corrected chi connectivity index (χ4v) is 3.15. The standard InChI is InChI=1S/C21H27N3O4/c1-3-14(2)24-20(16-6-7-16)18(12-23-24)21(27)22-11-10-15-4-8-17(9-5-15)28-13-19(25)26/h4-5,8-9,12,14,16H,3,6-7,10-11,13H2,1-2H3,(H,22,27)(H,25,26). The van der Waals surface area contributed by atoms with E-state index in [1.165, 1.54) is 0 Å². The molecule has 0 bridgehead atoms. The molecule has 2 N–H and O–H groups in total. The van der Waals surface area contributed by atoms with Crippen molar-refractivity contribution in [2.75, 3.05) is 13.2 Å². The maximum Gasteiger partial charge on any atom is 0.341 e. The average molecular weight is 385 g/mol. The molecule has 1 fully saturated rings. The highest BCUT2D eigenvalue weighted by Crippen LogP contribution is 2.42. The summed E-state index contributed by atoms with van der Waals surface area (Å²) >= 11 is 0. The minimum atomic E-state index is -1.01. The largest absolute Gasteiger partial charge is 0.482 e. The Morgan fingerprint density at radius 1 is 1.32 bits per heavy atom. The molecule has 0 saturated heterocycles. The van der Waals surface area contributed by atoms with Crippen molar-refractivity contribution in [1.82, 2.24) is 15.1 Å². The van der Waals surface area contributed by atoms with E-state index in [0.717, 1.165) is 30.5 Å². The molecule has 1 unspecified atom stereocenters. The Labute approximate surface area is 164 Å². The number of amides is 1. The molecule has 7 heteroatoms. The maximum absolute atomic E-state index is 12.7. The molecule has 1 atom stereocenters. The SMILES string of the molecule is CCC(C)n1ncc(C(=O)NCCc2ccc(OCC(=O)O)cc2)c1C1CC1. The summed E-state index contributed by atoms with van der Waals surface area (Å²) in [5, 5.41) is 16.1. The van der Waals surface area contributed by atoms with Crippen molar-refractivity contribution in [2.45, 2.75) is 51.5 Å². The number of benzene rings is 1. The Kier molecular flexibility index (Phi) is 6.34. The van der Waals surface area contributed by atoms with Gasteiger partial charge in [0, 0.05) is 18.5 Å². The van der Waals surface area contributed by atoms with E-state index >= 15 is 0 Å². The number of hydrogen-bond acceptors (Lipinski definition) is 4. The molecule has 28 heavy (non-hydrogen) atoms. The van der Waals surface area contributed by atoms with Gasteiger partial charge in [-0.25, -0.2) is 4.79 Å². The van der Waals surface area contributed by atoms with Crippen LogP contribution in [0, 0.1) is 0 Å². The summed E-state index contributed by atoms with van der Waals surface area (Å²) in [6, 6.07) is 7.52. The number of carboxylic acids is 1. The first-order valence-electron chi connectivity index (χ1n) is 9.78. The van der Waals surface area contributed by atoms with Gasteiger partial charge in [-0.2, -0.15) is 5.10 Å². The molecular formula is C21H27N3O4. The van der Waals surface area contributed by atoms with Crippen LogP contribution in [0.4, 0.5) is 0 Å². The third-order valence-corrected chi connectivity index (χ3v) is 5.04. The number of nitrogens with one attached hydrogen (secondary N) is 1. The molecule has 0 spiro atoms. The van der Waals surface area contributed by atoms with Gasteiger partial charge < -0.3 is 15.2 Å². The number of rotatable bonds is 10. The lowest BCUT2D eigenvalue weighted by atomic mass is 10.1. The molecule has 1 aromatic heterocycles. The van der Waals surface area contributed by atoms with Gasteiger partial charge in [-0.3, -0.25) is 9.48 Å². The second-order valence-electron chi connectivity index (χ2n) is 7.25. The van der Waals surface area contributed by atoms with Gasteiger partial charge in [-0.1, -0.05) is 19.1 Å². The molecule has 150 valence electrons. The predicted octanol–water partition coefficient (Wildman–Crippen LogP) is 3.17. The van der Waals surface area contributed by atoms with Crippen LogP contribution in [0.2, 0.25) is 0 Å². The molecule has 7 nitrogen and oxygen atoms in total. The van der Waals surface area contributed by atoms with E-state index in [0.29, 0.717) is 36.2 Å². The van der Waals surface area contributed by atoms with Crippen molar-refractivity contribution in [3.8, 4) is 5.75 Å². The summed E-state index contributed by atoms with van der Waals surface area (Å²) < 4.78 is 7.13. The van der Waals surface area contributed by atoms with Gasteiger partial charge in [0.2, 0.25) is 0 Å². The Balaban J connectivity index is 1.55. The van der Waals surface area contributed by atoms with Crippen LogP contribution in [0.15, 0.2) is 30.5 Å². The van der Waals surface area contributed by atoms with E-state index in [1.54, 1.807) is 18.3 Å². The van der Waals surface area contributed by atoms with Crippen LogP contribution in [-0.4, -0.2) is 39.9 Å². The summed E-state index contributed by atoms with van der Waals surface area (Å²) in [6.07, 6.45) is 5.61. The molecule has 0 aliphatic heterocycles. The van der Waals surface area contributed by atoms with E-state index in [9.17, 15) is 9.59 Å². The van der Waals surface area contributed by atoms with Gasteiger partial charge >= 0.3 is 5.97 Å². The number of aliphatic carboxylic acids is 1. The van der Waals surface area contributed by atoms with Gasteiger partial charge in [-0.15, -0.1) is 0 Å². The molecule has 1 saturated carbocycles. The molecule has 1 aliphatic carbocycles. The Morgan fingerprint density at radius 2 is 2.04 bits per heavy atom. The quantitative estimate of drug-likeness (QED) is 0.655. The number of carboxylic acid groups (broad SMARTS) is 1. The van der Waals surface area contributed by atoms with Crippen molar-refractivity contribution in [3.63, 3.8) is 0 Å². The van der Waals surface area contributed by atoms with E-state index in [4.69, 9.17) is 9.84 Å². The van der Waals surface area contributed by atoms with Crippen molar-refractivity contribution >= 4 is 11.9 Å². The van der Waals surface area contributed by atoms with Crippen molar-refractivity contribution < 1.29 is 19.4 Å². The van der Waals surface area contributed by atoms with E-state index in [1.807, 2.05) is 16.8 Å². The van der Waals surface area contributed by atoms with Gasteiger partial charge in [0.05, 0.1) is 17.5 Å². The molecule has 1 aliphatic rings. The summed E-state index contributed by atoms with van der Waals surface area (Å²) in [6.45, 7) is 4.42. The Morgan fingerprint density at radius 3 is 2.64 bits per heavy atom. The first-order chi connectivity index (χ1) is 13.5. The fraction of sp³-hybridized carbons (Fsp3) is 0.476. The number of nitrogens with zero attached hydrogens (tertiary/aromatic N) is 2. The number of aromatic nitrogens is 2. The molecule has 1 aromatic carbocycles. The van der Waals surface area contributed by atoms with Gasteiger partial charge in [0.15, 0.2) is 6.61 Å². The van der Waals surface area contributed by atoms with E-state index in [2.05, 4.69) is 24.3 Å². The zero-order valence-corrected chi connectivity index (χ0v) is 16.4. The van der Waals surface area contributed by atoms with E-state index < -0.39 is 5.97 Å². The molecule has 1 amide bonds. The highest BCUT2D eigenvalue weighted by atomic mass is 16.5. The van der Waals surface area contributed by atoms with Crippen LogP contribution in [-0.2, 0) is 11.2 Å². The molecule has 3 rings (SSSR count). The topological polar surface area (TPSA) is 93.5 Å². The van der Waals surface area contributed by atoms with Crippen LogP contribution < -0.4 is 10.1 Å². The summed E-state index contributed by atoms with van der Waals surface area (Å²) in [5.41, 5.74) is 2.81. The van der Waals surface area contributed by atoms with Crippen LogP contribution in [0.5, 0.6) is 5.75 Å². The third-order valence-electron chi connectivity index (χ3n) is 5.04. The molecule has 1 heterocycles. The number of carbonyl (C=O) groups is 2. The summed E-state index contributed by atoms with van der Waals surface area (Å²) in [5.74, 6) is -0.107. The highest BCUT2D eigenvalue weighted by molar-refractivity contribution is 5.95. The molecular weight excluding hydrogens is 358 g/mol. The predicted molar refractivity (Wildman–Crippen MR) is 105 cm³/mol.